The van der Waals surface area contributed by atoms with Gasteiger partial charge in [0.15, 0.2) is 5.65 Å². The summed E-state index contributed by atoms with van der Waals surface area (Å²) < 4.78 is 0. The molecule has 27 heavy (non-hydrogen) atoms. The van der Waals surface area contributed by atoms with Crippen molar-refractivity contribution in [1.82, 2.24) is 20.2 Å². The molecule has 0 bridgehead atoms. The first kappa shape index (κ1) is 17.5. The Morgan fingerprint density at radius 2 is 1.81 bits per heavy atom. The molecule has 0 aliphatic rings. The molecule has 0 radical (unpaired) electrons. The molecule has 0 aliphatic heterocycles. The van der Waals surface area contributed by atoms with Gasteiger partial charge in [0.1, 0.15) is 5.52 Å². The first-order valence-corrected chi connectivity index (χ1v) is 9.73. The van der Waals surface area contributed by atoms with Gasteiger partial charge >= 0.3 is 0 Å². The Balaban J connectivity index is 1.53. The maximum absolute atomic E-state index is 12.8. The maximum Gasteiger partial charge on any atom is 0.237 e. The fourth-order valence-corrected chi connectivity index (χ4v) is 3.73. The number of benzene rings is 2. The van der Waals surface area contributed by atoms with Crippen LogP contribution in [0.3, 0.4) is 0 Å². The number of aromatic amines is 1. The molecule has 2 heterocycles. The van der Waals surface area contributed by atoms with Gasteiger partial charge in [0.05, 0.1) is 5.75 Å². The van der Waals surface area contributed by atoms with Gasteiger partial charge in [-0.1, -0.05) is 48.2 Å². The van der Waals surface area contributed by atoms with Crippen molar-refractivity contribution in [2.24, 2.45) is 0 Å². The Bertz CT molecular complexity index is 1090. The monoisotopic (exact) mass is 377 g/mol. The zero-order valence-electron chi connectivity index (χ0n) is 15.1. The molecule has 4 aromatic rings. The number of nitrogens with zero attached hydrogens (tertiary/aromatic N) is 4. The topological polar surface area (TPSA) is 74.8 Å². The second-order valence-corrected chi connectivity index (χ2v) is 7.39. The molecule has 2 aromatic carbocycles. The van der Waals surface area contributed by atoms with Crippen LogP contribution in [0.15, 0.2) is 59.8 Å². The van der Waals surface area contributed by atoms with Gasteiger partial charge in [0.2, 0.25) is 11.1 Å². The van der Waals surface area contributed by atoms with E-state index in [1.165, 1.54) is 11.8 Å². The quantitative estimate of drug-likeness (QED) is 0.531. The second-order valence-electron chi connectivity index (χ2n) is 6.44. The number of rotatable bonds is 5. The van der Waals surface area contributed by atoms with E-state index in [0.29, 0.717) is 10.8 Å². The normalized spacial score (nSPS) is 11.4. The van der Waals surface area contributed by atoms with E-state index in [1.807, 2.05) is 68.4 Å². The van der Waals surface area contributed by atoms with Crippen LogP contribution >= 0.6 is 11.8 Å². The largest absolute Gasteiger partial charge is 0.338 e. The highest BCUT2D eigenvalue weighted by atomic mass is 32.2. The van der Waals surface area contributed by atoms with Crippen LogP contribution in [0.5, 0.6) is 0 Å². The highest BCUT2D eigenvalue weighted by Crippen LogP contribution is 2.24. The molecule has 136 valence electrons. The fraction of sp³-hybridized carbons (Fsp3) is 0.200. The highest BCUT2D eigenvalue weighted by molar-refractivity contribution is 7.99. The van der Waals surface area contributed by atoms with Crippen molar-refractivity contribution in [3.05, 3.63) is 54.6 Å². The molecule has 2 aromatic heterocycles. The molecular formula is C20H19N5OS. The molecule has 0 aliphatic carbocycles. The van der Waals surface area contributed by atoms with E-state index in [0.717, 1.165) is 22.1 Å². The number of para-hydroxylation sites is 2. The van der Waals surface area contributed by atoms with Crippen LogP contribution in [-0.4, -0.2) is 37.9 Å². The molecule has 0 atom stereocenters. The number of H-pyrrole nitrogens is 1. The van der Waals surface area contributed by atoms with Crippen LogP contribution in [-0.2, 0) is 4.79 Å². The highest BCUT2D eigenvalue weighted by Gasteiger charge is 2.20. The third-order valence-electron chi connectivity index (χ3n) is 4.25. The van der Waals surface area contributed by atoms with E-state index >= 15 is 0 Å². The third-order valence-corrected chi connectivity index (χ3v) is 5.07. The predicted octanol–water partition coefficient (Wildman–Crippen LogP) is 4.04. The lowest BCUT2D eigenvalue weighted by atomic mass is 10.2. The van der Waals surface area contributed by atoms with Crippen molar-refractivity contribution in [1.29, 1.82) is 0 Å². The smallest absolute Gasteiger partial charge is 0.237 e. The summed E-state index contributed by atoms with van der Waals surface area (Å²) in [6.07, 6.45) is 0. The average Bonchev–Trinajstić information content (AvgIpc) is 3.05. The number of nitrogens with one attached hydrogen (secondary N) is 1. The van der Waals surface area contributed by atoms with E-state index in [2.05, 4.69) is 20.2 Å². The van der Waals surface area contributed by atoms with Gasteiger partial charge in [-0.2, -0.15) is 0 Å². The average molecular weight is 377 g/mol. The summed E-state index contributed by atoms with van der Waals surface area (Å²) in [7, 11) is 0. The summed E-state index contributed by atoms with van der Waals surface area (Å²) in [4.78, 5) is 22.4. The number of carbonyl (C=O) groups is 1. The van der Waals surface area contributed by atoms with Gasteiger partial charge in [0, 0.05) is 22.6 Å². The van der Waals surface area contributed by atoms with Crippen molar-refractivity contribution < 1.29 is 4.79 Å². The number of anilines is 1. The maximum atomic E-state index is 12.8. The Hall–Kier alpha value is -2.93. The molecule has 0 saturated carbocycles. The van der Waals surface area contributed by atoms with Crippen LogP contribution < -0.4 is 4.90 Å². The number of aromatic nitrogens is 4. The van der Waals surface area contributed by atoms with Gasteiger partial charge < -0.3 is 9.88 Å². The van der Waals surface area contributed by atoms with Gasteiger partial charge in [-0.3, -0.25) is 4.79 Å². The Kier molecular flexibility index (Phi) is 4.77. The zero-order valence-corrected chi connectivity index (χ0v) is 15.9. The van der Waals surface area contributed by atoms with Crippen molar-refractivity contribution in [3.8, 4) is 0 Å². The lowest BCUT2D eigenvalue weighted by molar-refractivity contribution is -0.116. The minimum atomic E-state index is 0.0153. The molecule has 4 rings (SSSR count). The van der Waals surface area contributed by atoms with Gasteiger partial charge in [-0.15, -0.1) is 10.2 Å². The summed E-state index contributed by atoms with van der Waals surface area (Å²) >= 11 is 1.30. The number of fused-ring (bicyclic) bond motifs is 3. The molecule has 0 fully saturated rings. The number of carbonyl (C=O) groups excluding carboxylic acids is 1. The van der Waals surface area contributed by atoms with Crippen LogP contribution in [0, 0.1) is 0 Å². The first-order valence-electron chi connectivity index (χ1n) is 8.74. The van der Waals surface area contributed by atoms with E-state index in [9.17, 15) is 4.79 Å². The summed E-state index contributed by atoms with van der Waals surface area (Å²) in [6, 6.07) is 17.6. The minimum Gasteiger partial charge on any atom is -0.338 e. The number of hydrogen-bond acceptors (Lipinski definition) is 5. The van der Waals surface area contributed by atoms with Crippen molar-refractivity contribution in [2.75, 3.05) is 10.7 Å². The molecule has 6 nitrogen and oxygen atoms in total. The standard InChI is InChI=1S/C20H19N5OS/c1-13(2)25(14-8-4-3-5-9-14)17(26)12-27-20-22-19-18(23-24-20)15-10-6-7-11-16(15)21-19/h3-11,13H,12H2,1-2H3,(H,21,22,24). The number of amides is 1. The Morgan fingerprint density at radius 3 is 2.59 bits per heavy atom. The summed E-state index contributed by atoms with van der Waals surface area (Å²) in [5, 5.41) is 9.97. The third kappa shape index (κ3) is 3.50. The Morgan fingerprint density at radius 1 is 1.07 bits per heavy atom. The molecule has 0 unspecified atom stereocenters. The van der Waals surface area contributed by atoms with Crippen molar-refractivity contribution in [2.45, 2.75) is 25.0 Å². The molecule has 7 heteroatoms. The number of thioether (sulfide) groups is 1. The van der Waals surface area contributed by atoms with Crippen LogP contribution in [0.2, 0.25) is 0 Å². The molecular weight excluding hydrogens is 358 g/mol. The second kappa shape index (κ2) is 7.36. The van der Waals surface area contributed by atoms with Crippen molar-refractivity contribution >= 4 is 45.4 Å². The van der Waals surface area contributed by atoms with E-state index in [1.54, 1.807) is 4.90 Å². The zero-order chi connectivity index (χ0) is 18.8. The van der Waals surface area contributed by atoms with Gasteiger partial charge in [-0.25, -0.2) is 4.98 Å². The summed E-state index contributed by atoms with van der Waals surface area (Å²) in [6.45, 7) is 4.01. The lowest BCUT2D eigenvalue weighted by Crippen LogP contribution is -2.38. The van der Waals surface area contributed by atoms with Gasteiger partial charge in [0.25, 0.3) is 0 Å². The number of hydrogen-bond donors (Lipinski definition) is 1. The molecule has 0 saturated heterocycles. The van der Waals surface area contributed by atoms with E-state index in [-0.39, 0.29) is 17.7 Å². The van der Waals surface area contributed by atoms with Crippen LogP contribution in [0.25, 0.3) is 22.1 Å². The lowest BCUT2D eigenvalue weighted by Gasteiger charge is -2.26. The first-order chi connectivity index (χ1) is 13.1. The van der Waals surface area contributed by atoms with E-state index < -0.39 is 0 Å². The SMILES string of the molecule is CC(C)N(C(=O)CSc1nnc2c(n1)[nH]c1ccccc12)c1ccccc1. The van der Waals surface area contributed by atoms with Gasteiger partial charge in [-0.05, 0) is 32.0 Å². The molecule has 1 N–H and O–H groups in total. The molecule has 0 spiro atoms. The van der Waals surface area contributed by atoms with Crippen molar-refractivity contribution in [3.63, 3.8) is 0 Å². The Labute approximate surface area is 161 Å². The molecule has 1 amide bonds. The predicted molar refractivity (Wildman–Crippen MR) is 109 cm³/mol. The minimum absolute atomic E-state index is 0.0153. The van der Waals surface area contributed by atoms with Crippen LogP contribution in [0.1, 0.15) is 13.8 Å². The summed E-state index contributed by atoms with van der Waals surface area (Å²) in [5.41, 5.74) is 3.30. The van der Waals surface area contributed by atoms with E-state index in [4.69, 9.17) is 0 Å². The summed E-state index contributed by atoms with van der Waals surface area (Å²) in [5.74, 6) is 0.266. The fourth-order valence-electron chi connectivity index (χ4n) is 3.08. The van der Waals surface area contributed by atoms with Crippen LogP contribution in [0.4, 0.5) is 5.69 Å².